The standard InChI is InChI=1S/C12H26O.C4H8.C2H6O2/c1-5-7-9-11(3)13-12(4)10-8-6-2;1-2-4-3-1;3-1-2-4/h11-12H,5-10H2,1-4H3;1-4H2;3-4H,1-2H2. The van der Waals surface area contributed by atoms with Crippen molar-refractivity contribution in [2.45, 2.75) is 104 Å². The van der Waals surface area contributed by atoms with Gasteiger partial charge < -0.3 is 14.9 Å². The van der Waals surface area contributed by atoms with Gasteiger partial charge in [0.1, 0.15) is 0 Å². The van der Waals surface area contributed by atoms with Gasteiger partial charge >= 0.3 is 0 Å². The third-order valence-corrected chi connectivity index (χ3v) is 3.49. The Hall–Kier alpha value is -0.120. The number of ether oxygens (including phenoxy) is 1. The molecule has 1 rings (SSSR count). The molecule has 0 aromatic carbocycles. The van der Waals surface area contributed by atoms with E-state index in [1.165, 1.54) is 64.2 Å². The second-order valence-corrected chi connectivity index (χ2v) is 5.90. The van der Waals surface area contributed by atoms with E-state index in [4.69, 9.17) is 14.9 Å². The van der Waals surface area contributed by atoms with Gasteiger partial charge in [-0.2, -0.15) is 0 Å². The van der Waals surface area contributed by atoms with Crippen LogP contribution in [0.2, 0.25) is 0 Å². The fourth-order valence-electron chi connectivity index (χ4n) is 1.77. The maximum Gasteiger partial charge on any atom is 0.0662 e. The number of hydrogen-bond donors (Lipinski definition) is 2. The van der Waals surface area contributed by atoms with E-state index in [9.17, 15) is 0 Å². The van der Waals surface area contributed by atoms with Gasteiger partial charge in [0.15, 0.2) is 0 Å². The minimum atomic E-state index is -0.125. The molecule has 3 nitrogen and oxygen atoms in total. The van der Waals surface area contributed by atoms with Crippen molar-refractivity contribution >= 4 is 0 Å². The summed E-state index contributed by atoms with van der Waals surface area (Å²) in [5, 5.41) is 15.2. The van der Waals surface area contributed by atoms with Gasteiger partial charge in [0.05, 0.1) is 25.4 Å². The maximum absolute atomic E-state index is 7.62. The van der Waals surface area contributed by atoms with Gasteiger partial charge in [-0.3, -0.25) is 0 Å². The normalized spacial score (nSPS) is 15.7. The average Bonchev–Trinajstić information content (AvgIpc) is 2.41. The van der Waals surface area contributed by atoms with Crippen molar-refractivity contribution in [3.63, 3.8) is 0 Å². The van der Waals surface area contributed by atoms with Crippen molar-refractivity contribution in [3.05, 3.63) is 0 Å². The van der Waals surface area contributed by atoms with Crippen LogP contribution in [0.5, 0.6) is 0 Å². The van der Waals surface area contributed by atoms with E-state index >= 15 is 0 Å². The van der Waals surface area contributed by atoms with Crippen molar-refractivity contribution in [2.75, 3.05) is 13.2 Å². The Balaban J connectivity index is 0. The van der Waals surface area contributed by atoms with Crippen LogP contribution in [0.15, 0.2) is 0 Å². The summed E-state index contributed by atoms with van der Waals surface area (Å²) < 4.78 is 5.85. The summed E-state index contributed by atoms with van der Waals surface area (Å²) >= 11 is 0. The molecule has 1 aliphatic rings. The Bertz CT molecular complexity index is 152. The SMILES string of the molecule is C1CCC1.CCCCC(C)OC(C)CCCC.OCCO. The summed E-state index contributed by atoms with van der Waals surface area (Å²) in [5.41, 5.74) is 0. The van der Waals surface area contributed by atoms with Crippen LogP contribution in [-0.2, 0) is 4.74 Å². The smallest absolute Gasteiger partial charge is 0.0662 e. The molecular weight excluding hydrogens is 264 g/mol. The Labute approximate surface area is 133 Å². The van der Waals surface area contributed by atoms with Crippen LogP contribution >= 0.6 is 0 Å². The fourth-order valence-corrected chi connectivity index (χ4v) is 1.77. The van der Waals surface area contributed by atoms with E-state index in [-0.39, 0.29) is 13.2 Å². The van der Waals surface area contributed by atoms with E-state index in [1.807, 2.05) is 0 Å². The summed E-state index contributed by atoms with van der Waals surface area (Å²) in [4.78, 5) is 0. The molecule has 0 aromatic rings. The number of aliphatic hydroxyl groups is 2. The summed E-state index contributed by atoms with van der Waals surface area (Å²) in [6.45, 7) is 8.59. The van der Waals surface area contributed by atoms with E-state index in [1.54, 1.807) is 0 Å². The Morgan fingerprint density at radius 3 is 1.29 bits per heavy atom. The summed E-state index contributed by atoms with van der Waals surface area (Å²) in [6, 6.07) is 0. The molecule has 1 aliphatic carbocycles. The zero-order valence-corrected chi connectivity index (χ0v) is 14.9. The lowest BCUT2D eigenvalue weighted by Crippen LogP contribution is -2.16. The maximum atomic E-state index is 7.62. The van der Waals surface area contributed by atoms with Crippen molar-refractivity contribution in [2.24, 2.45) is 0 Å². The number of unbranched alkanes of at least 4 members (excludes halogenated alkanes) is 2. The zero-order chi connectivity index (χ0) is 16.3. The lowest BCUT2D eigenvalue weighted by molar-refractivity contribution is -0.00188. The molecule has 3 heteroatoms. The first kappa shape index (κ1) is 23.2. The first-order chi connectivity index (χ1) is 10.1. The van der Waals surface area contributed by atoms with Crippen molar-refractivity contribution in [1.82, 2.24) is 0 Å². The van der Waals surface area contributed by atoms with Crippen LogP contribution in [0.4, 0.5) is 0 Å². The minimum absolute atomic E-state index is 0.125. The molecule has 2 N–H and O–H groups in total. The molecule has 0 saturated heterocycles. The van der Waals surface area contributed by atoms with Crippen molar-refractivity contribution in [1.29, 1.82) is 0 Å². The highest BCUT2D eigenvalue weighted by Gasteiger charge is 2.07. The number of aliphatic hydroxyl groups excluding tert-OH is 2. The molecule has 0 aromatic heterocycles. The number of rotatable bonds is 9. The first-order valence-electron chi connectivity index (χ1n) is 8.99. The van der Waals surface area contributed by atoms with Gasteiger partial charge in [0, 0.05) is 0 Å². The van der Waals surface area contributed by atoms with E-state index in [0.29, 0.717) is 12.2 Å². The van der Waals surface area contributed by atoms with Gasteiger partial charge in [0.2, 0.25) is 0 Å². The van der Waals surface area contributed by atoms with E-state index < -0.39 is 0 Å². The third kappa shape index (κ3) is 22.3. The predicted octanol–water partition coefficient (Wildman–Crippen LogP) is 4.69. The molecule has 0 bridgehead atoms. The molecule has 130 valence electrons. The van der Waals surface area contributed by atoms with Crippen LogP contribution in [-0.4, -0.2) is 35.6 Å². The highest BCUT2D eigenvalue weighted by Crippen LogP contribution is 2.15. The third-order valence-electron chi connectivity index (χ3n) is 3.49. The van der Waals surface area contributed by atoms with Gasteiger partial charge in [-0.15, -0.1) is 0 Å². The van der Waals surface area contributed by atoms with Crippen LogP contribution < -0.4 is 0 Å². The molecule has 2 unspecified atom stereocenters. The molecule has 0 spiro atoms. The predicted molar refractivity (Wildman–Crippen MR) is 91.7 cm³/mol. The average molecular weight is 305 g/mol. The molecule has 2 atom stereocenters. The van der Waals surface area contributed by atoms with Crippen molar-refractivity contribution < 1.29 is 14.9 Å². The summed E-state index contributed by atoms with van der Waals surface area (Å²) in [6.07, 6.45) is 14.5. The monoisotopic (exact) mass is 304 g/mol. The molecular formula is C18H40O3. The van der Waals surface area contributed by atoms with E-state index in [0.717, 1.165) is 0 Å². The molecule has 21 heavy (non-hydrogen) atoms. The van der Waals surface area contributed by atoms with Crippen LogP contribution in [0.25, 0.3) is 0 Å². The Morgan fingerprint density at radius 2 is 1.10 bits per heavy atom. The highest BCUT2D eigenvalue weighted by atomic mass is 16.5. The molecule has 0 radical (unpaired) electrons. The lowest BCUT2D eigenvalue weighted by Gasteiger charge is -2.18. The van der Waals surface area contributed by atoms with Crippen LogP contribution in [0.1, 0.15) is 91.9 Å². The fraction of sp³-hybridized carbons (Fsp3) is 1.00. The lowest BCUT2D eigenvalue weighted by atomic mass is 10.0. The van der Waals surface area contributed by atoms with Gasteiger partial charge in [-0.05, 0) is 26.7 Å². The molecule has 1 saturated carbocycles. The largest absolute Gasteiger partial charge is 0.394 e. The summed E-state index contributed by atoms with van der Waals surface area (Å²) in [5.74, 6) is 0. The quantitative estimate of drug-likeness (QED) is 0.649. The van der Waals surface area contributed by atoms with Crippen LogP contribution in [0, 0.1) is 0 Å². The zero-order valence-electron chi connectivity index (χ0n) is 14.9. The second-order valence-electron chi connectivity index (χ2n) is 5.90. The van der Waals surface area contributed by atoms with Gasteiger partial charge in [0.25, 0.3) is 0 Å². The Kier molecular flexibility index (Phi) is 21.9. The topological polar surface area (TPSA) is 49.7 Å². The Morgan fingerprint density at radius 1 is 0.762 bits per heavy atom. The van der Waals surface area contributed by atoms with Gasteiger partial charge in [-0.1, -0.05) is 65.2 Å². The highest BCUT2D eigenvalue weighted by molar-refractivity contribution is 4.56. The molecule has 1 fully saturated rings. The van der Waals surface area contributed by atoms with E-state index in [2.05, 4.69) is 27.7 Å². The number of hydrogen-bond acceptors (Lipinski definition) is 3. The first-order valence-corrected chi connectivity index (χ1v) is 8.99. The minimum Gasteiger partial charge on any atom is -0.394 e. The molecule has 0 heterocycles. The summed E-state index contributed by atoms with van der Waals surface area (Å²) in [7, 11) is 0. The second kappa shape index (κ2) is 19.9. The molecule has 0 aliphatic heterocycles. The van der Waals surface area contributed by atoms with Gasteiger partial charge in [-0.25, -0.2) is 0 Å². The van der Waals surface area contributed by atoms with Crippen molar-refractivity contribution in [3.8, 4) is 0 Å². The molecule has 0 amide bonds. The van der Waals surface area contributed by atoms with Crippen LogP contribution in [0.3, 0.4) is 0 Å².